The first kappa shape index (κ1) is 9.92. The van der Waals surface area contributed by atoms with E-state index in [4.69, 9.17) is 0 Å². The molecule has 1 aromatic heterocycles. The van der Waals surface area contributed by atoms with Crippen molar-refractivity contribution in [2.75, 3.05) is 0 Å². The van der Waals surface area contributed by atoms with Gasteiger partial charge in [0.05, 0.1) is 0 Å². The molecule has 0 aromatic carbocycles. The van der Waals surface area contributed by atoms with Gasteiger partial charge in [-0.05, 0) is 0 Å². The van der Waals surface area contributed by atoms with Gasteiger partial charge in [-0.25, -0.2) is 0 Å². The first-order valence-corrected chi connectivity index (χ1v) is 6.64. The average Bonchev–Trinajstić information content (AvgIpc) is 2.47. The van der Waals surface area contributed by atoms with Crippen LogP contribution in [0.15, 0.2) is 28.5 Å². The van der Waals surface area contributed by atoms with E-state index in [0.717, 1.165) is 0 Å². The van der Waals surface area contributed by atoms with Gasteiger partial charge in [-0.2, -0.15) is 0 Å². The first-order chi connectivity index (χ1) is 6.75. The van der Waals surface area contributed by atoms with Crippen molar-refractivity contribution in [3.05, 3.63) is 39.8 Å². The second-order valence-electron chi connectivity index (χ2n) is 3.57. The number of allylic oxidation sites excluding steroid dienone is 4. The van der Waals surface area contributed by atoms with Gasteiger partial charge in [0.1, 0.15) is 0 Å². The molecule has 0 aliphatic heterocycles. The van der Waals surface area contributed by atoms with Crippen LogP contribution in [0.25, 0.3) is 0 Å². The molecule has 1 aliphatic rings. The normalized spacial score (nSPS) is 16.0. The van der Waals surface area contributed by atoms with Crippen LogP contribution in [-0.4, -0.2) is 4.98 Å². The van der Waals surface area contributed by atoms with E-state index < -0.39 is 0 Å². The summed E-state index contributed by atoms with van der Waals surface area (Å²) in [6.07, 6.45) is 9.23. The van der Waals surface area contributed by atoms with Crippen molar-refractivity contribution < 1.29 is 17.1 Å². The molecule has 0 saturated carbocycles. The Balaban J connectivity index is 2.13. The topological polar surface area (TPSA) is 15.8 Å². The fourth-order valence-electron chi connectivity index (χ4n) is 1.54. The molecule has 0 bridgehead atoms. The summed E-state index contributed by atoms with van der Waals surface area (Å²) in [7, 11) is 0. The first-order valence-electron chi connectivity index (χ1n) is 4.90. The van der Waals surface area contributed by atoms with Crippen molar-refractivity contribution in [3.63, 3.8) is 0 Å². The number of aromatic amines is 1. The summed E-state index contributed by atoms with van der Waals surface area (Å²) >= 11 is 0.270. The van der Waals surface area contributed by atoms with Crippen LogP contribution in [0.4, 0.5) is 0 Å². The predicted molar refractivity (Wildman–Crippen MR) is 56.4 cm³/mol. The number of aryl methyl sites for hydroxylation is 2. The zero-order valence-electron chi connectivity index (χ0n) is 8.58. The summed E-state index contributed by atoms with van der Waals surface area (Å²) in [4.78, 5) is 3.37. The summed E-state index contributed by atoms with van der Waals surface area (Å²) in [5.74, 6) is 0. The van der Waals surface area contributed by atoms with Gasteiger partial charge < -0.3 is 0 Å². The number of hydrogen-bond donors (Lipinski definition) is 1. The second kappa shape index (κ2) is 4.27. The molecule has 0 atom stereocenters. The molecule has 0 amide bonds. The molecular weight excluding hydrogens is 259 g/mol. The molecule has 0 fully saturated rings. The van der Waals surface area contributed by atoms with Gasteiger partial charge in [-0.3, -0.25) is 0 Å². The monoisotopic (exact) mass is 275 g/mol. The number of H-pyrrole nitrogens is 1. The molecule has 0 radical (unpaired) electrons. The minimum absolute atomic E-state index is 0.270. The molecule has 1 nitrogen and oxygen atoms in total. The molecular formula is C12H15NRu. The third-order valence-corrected chi connectivity index (χ3v) is 4.89. The summed E-state index contributed by atoms with van der Waals surface area (Å²) in [5.41, 5.74) is 2.65. The summed E-state index contributed by atoms with van der Waals surface area (Å²) < 4.78 is 3.18. The third-order valence-electron chi connectivity index (χ3n) is 2.24. The Bertz CT molecular complexity index is 385. The fourth-order valence-corrected chi connectivity index (χ4v) is 3.86. The molecule has 2 rings (SSSR count). The quantitative estimate of drug-likeness (QED) is 0.798. The molecule has 14 heavy (non-hydrogen) atoms. The SMILES string of the molecule is Cc1c[c]([Ru][C]2=CC=CCC2)c(C)[nH]1. The molecule has 76 valence electrons. The van der Waals surface area contributed by atoms with E-state index in [1.165, 1.54) is 28.4 Å². The Hall–Kier alpha value is -0.617. The predicted octanol–water partition coefficient (Wildman–Crippen LogP) is 2.57. The Morgan fingerprint density at radius 2 is 2.21 bits per heavy atom. The van der Waals surface area contributed by atoms with Crippen LogP contribution in [0.1, 0.15) is 24.2 Å². The van der Waals surface area contributed by atoms with Crippen LogP contribution in [0.5, 0.6) is 0 Å². The standard InChI is InChI=1S/C6H8N.C6H7.Ru/c1-5-3-4-6(2)7-5;1-2-4-6-5-3-1;/h3,7H,1-2H3;1-3H,4,6H2;. The number of nitrogens with one attached hydrogen (secondary N) is 1. The van der Waals surface area contributed by atoms with Gasteiger partial charge in [0.2, 0.25) is 0 Å². The van der Waals surface area contributed by atoms with Crippen LogP contribution in [-0.2, 0) is 17.1 Å². The van der Waals surface area contributed by atoms with Crippen molar-refractivity contribution in [1.29, 1.82) is 0 Å². The van der Waals surface area contributed by atoms with Crippen LogP contribution < -0.4 is 4.16 Å². The number of aromatic nitrogens is 1. The molecule has 1 aromatic rings. The molecule has 0 spiro atoms. The molecule has 2 heteroatoms. The number of rotatable bonds is 2. The summed E-state index contributed by atoms with van der Waals surface area (Å²) in [6.45, 7) is 4.31. The van der Waals surface area contributed by atoms with Crippen LogP contribution in [0, 0.1) is 13.8 Å². The minimum atomic E-state index is 0.270. The van der Waals surface area contributed by atoms with Crippen molar-refractivity contribution in [2.45, 2.75) is 26.7 Å². The van der Waals surface area contributed by atoms with E-state index in [0.29, 0.717) is 0 Å². The Kier molecular flexibility index (Phi) is 3.03. The van der Waals surface area contributed by atoms with Crippen molar-refractivity contribution in [2.24, 2.45) is 0 Å². The molecule has 1 heterocycles. The molecule has 1 aliphatic carbocycles. The van der Waals surface area contributed by atoms with Gasteiger partial charge in [0.25, 0.3) is 0 Å². The van der Waals surface area contributed by atoms with Crippen LogP contribution in [0.2, 0.25) is 0 Å². The number of hydrogen-bond acceptors (Lipinski definition) is 0. The van der Waals surface area contributed by atoms with E-state index in [1.54, 1.807) is 4.17 Å². The third kappa shape index (κ3) is 2.24. The van der Waals surface area contributed by atoms with E-state index in [2.05, 4.69) is 43.1 Å². The maximum atomic E-state index is 3.37. The second-order valence-corrected chi connectivity index (χ2v) is 6.05. The average molecular weight is 274 g/mol. The van der Waals surface area contributed by atoms with Crippen molar-refractivity contribution in [3.8, 4) is 0 Å². The van der Waals surface area contributed by atoms with Crippen LogP contribution >= 0.6 is 0 Å². The van der Waals surface area contributed by atoms with Gasteiger partial charge in [0.15, 0.2) is 0 Å². The van der Waals surface area contributed by atoms with E-state index in [1.807, 2.05) is 0 Å². The Labute approximate surface area is 92.9 Å². The van der Waals surface area contributed by atoms with E-state index in [9.17, 15) is 0 Å². The van der Waals surface area contributed by atoms with E-state index >= 15 is 0 Å². The molecule has 0 saturated heterocycles. The molecule has 1 N–H and O–H groups in total. The van der Waals surface area contributed by atoms with Gasteiger partial charge in [-0.15, -0.1) is 0 Å². The van der Waals surface area contributed by atoms with E-state index in [-0.39, 0.29) is 17.1 Å². The summed E-state index contributed by atoms with van der Waals surface area (Å²) in [5, 5.41) is 0. The fraction of sp³-hybridized carbons (Fsp3) is 0.333. The maximum absolute atomic E-state index is 3.37. The Morgan fingerprint density at radius 3 is 2.79 bits per heavy atom. The van der Waals surface area contributed by atoms with Crippen molar-refractivity contribution >= 4 is 4.16 Å². The van der Waals surface area contributed by atoms with Crippen molar-refractivity contribution in [1.82, 2.24) is 4.98 Å². The van der Waals surface area contributed by atoms with Gasteiger partial charge in [-0.1, -0.05) is 0 Å². The Morgan fingerprint density at radius 1 is 1.36 bits per heavy atom. The zero-order valence-corrected chi connectivity index (χ0v) is 10.3. The molecule has 0 unspecified atom stereocenters. The van der Waals surface area contributed by atoms with Gasteiger partial charge in [0, 0.05) is 0 Å². The zero-order chi connectivity index (χ0) is 9.97. The summed E-state index contributed by atoms with van der Waals surface area (Å²) in [6, 6.07) is 2.30. The van der Waals surface area contributed by atoms with Crippen LogP contribution in [0.3, 0.4) is 0 Å². The van der Waals surface area contributed by atoms with Gasteiger partial charge >= 0.3 is 92.8 Å².